The van der Waals surface area contributed by atoms with Crippen LogP contribution in [0.5, 0.6) is 0 Å². The Kier molecular flexibility index (Phi) is 7.33. The first-order valence-corrected chi connectivity index (χ1v) is 7.76. The number of halogens is 1. The lowest BCUT2D eigenvalue weighted by Gasteiger charge is -2.24. The highest BCUT2D eigenvalue weighted by atomic mass is 35.5. The first kappa shape index (κ1) is 18.9. The Morgan fingerprint density at radius 2 is 2.00 bits per heavy atom. The lowest BCUT2D eigenvalue weighted by atomic mass is 9.94. The van der Waals surface area contributed by atoms with Crippen molar-refractivity contribution in [2.45, 2.75) is 45.6 Å². The van der Waals surface area contributed by atoms with Crippen molar-refractivity contribution in [2.24, 2.45) is 0 Å². The van der Waals surface area contributed by atoms with E-state index in [2.05, 4.69) is 50.5 Å². The third-order valence-corrected chi connectivity index (χ3v) is 3.84. The number of amides is 1. The molecule has 0 aromatic heterocycles. The number of hydrogen-bond acceptors (Lipinski definition) is 3. The maximum atomic E-state index is 12.3. The molecule has 22 heavy (non-hydrogen) atoms. The molecule has 0 aliphatic carbocycles. The summed E-state index contributed by atoms with van der Waals surface area (Å²) >= 11 is 0. The van der Waals surface area contributed by atoms with Crippen molar-refractivity contribution in [1.29, 1.82) is 0 Å². The predicted molar refractivity (Wildman–Crippen MR) is 93.1 cm³/mol. The van der Waals surface area contributed by atoms with Crippen LogP contribution in [0.2, 0.25) is 0 Å². The number of anilines is 1. The molecule has 5 heteroatoms. The number of hydrogen-bond donors (Lipinski definition) is 2. The number of carbonyl (C=O) groups excluding carboxylic acids is 1. The second-order valence-corrected chi connectivity index (χ2v) is 6.21. The van der Waals surface area contributed by atoms with Crippen molar-refractivity contribution in [2.75, 3.05) is 25.0 Å². The van der Waals surface area contributed by atoms with Gasteiger partial charge in [-0.15, -0.1) is 12.4 Å². The molecule has 1 atom stereocenters. The molecule has 4 nitrogen and oxygen atoms in total. The van der Waals surface area contributed by atoms with Crippen LogP contribution < -0.4 is 10.6 Å². The summed E-state index contributed by atoms with van der Waals surface area (Å²) < 4.78 is 5.50. The first-order chi connectivity index (χ1) is 9.99. The number of benzene rings is 1. The van der Waals surface area contributed by atoms with Gasteiger partial charge in [0.1, 0.15) is 6.10 Å². The molecule has 0 saturated carbocycles. The molecule has 2 rings (SSSR count). The number of morpholine rings is 1. The van der Waals surface area contributed by atoms with Crippen molar-refractivity contribution < 1.29 is 9.53 Å². The normalized spacial score (nSPS) is 18.2. The Morgan fingerprint density at radius 1 is 1.27 bits per heavy atom. The summed E-state index contributed by atoms with van der Waals surface area (Å²) in [6.45, 7) is 10.6. The summed E-state index contributed by atoms with van der Waals surface area (Å²) in [6.07, 6.45) is -0.400. The molecule has 2 N–H and O–H groups in total. The zero-order valence-corrected chi connectivity index (χ0v) is 14.6. The molecule has 0 bridgehead atoms. The van der Waals surface area contributed by atoms with Gasteiger partial charge in [0.05, 0.1) is 6.61 Å². The molecular weight excluding hydrogens is 300 g/mol. The summed E-state index contributed by atoms with van der Waals surface area (Å²) in [7, 11) is 0. The molecule has 1 aliphatic heterocycles. The van der Waals surface area contributed by atoms with Crippen molar-refractivity contribution in [3.05, 3.63) is 29.3 Å². The SMILES string of the molecule is CC(C)c1ccc(NC(=O)C2CNCCO2)c(C(C)C)c1.Cl. The van der Waals surface area contributed by atoms with E-state index in [9.17, 15) is 4.79 Å². The molecule has 1 saturated heterocycles. The third-order valence-electron chi connectivity index (χ3n) is 3.84. The quantitative estimate of drug-likeness (QED) is 0.892. The smallest absolute Gasteiger partial charge is 0.254 e. The van der Waals surface area contributed by atoms with Gasteiger partial charge in [0.25, 0.3) is 5.91 Å². The number of carbonyl (C=O) groups is 1. The average Bonchev–Trinajstić information content (AvgIpc) is 2.48. The molecular formula is C17H27ClN2O2. The van der Waals surface area contributed by atoms with Gasteiger partial charge in [-0.05, 0) is 29.0 Å². The van der Waals surface area contributed by atoms with Crippen LogP contribution in [0.1, 0.15) is 50.7 Å². The van der Waals surface area contributed by atoms with Crippen LogP contribution in [0.4, 0.5) is 5.69 Å². The van der Waals surface area contributed by atoms with E-state index in [1.54, 1.807) is 0 Å². The fourth-order valence-electron chi connectivity index (χ4n) is 2.48. The maximum Gasteiger partial charge on any atom is 0.254 e. The molecule has 1 fully saturated rings. The fraction of sp³-hybridized carbons (Fsp3) is 0.588. The van der Waals surface area contributed by atoms with Crippen LogP contribution in [-0.4, -0.2) is 31.7 Å². The Balaban J connectivity index is 0.00000242. The van der Waals surface area contributed by atoms with Gasteiger partial charge in [-0.1, -0.05) is 39.8 Å². The highest BCUT2D eigenvalue weighted by Gasteiger charge is 2.22. The molecule has 1 aromatic carbocycles. The van der Waals surface area contributed by atoms with Gasteiger partial charge in [0.2, 0.25) is 0 Å². The van der Waals surface area contributed by atoms with Crippen LogP contribution in [0, 0.1) is 0 Å². The number of rotatable bonds is 4. The zero-order chi connectivity index (χ0) is 15.4. The molecule has 124 valence electrons. The maximum absolute atomic E-state index is 12.3. The van der Waals surface area contributed by atoms with E-state index in [0.717, 1.165) is 12.2 Å². The average molecular weight is 327 g/mol. The van der Waals surface area contributed by atoms with E-state index in [1.165, 1.54) is 11.1 Å². The van der Waals surface area contributed by atoms with Crippen molar-refractivity contribution in [1.82, 2.24) is 5.32 Å². The van der Waals surface area contributed by atoms with Gasteiger partial charge in [-0.3, -0.25) is 4.79 Å². The van der Waals surface area contributed by atoms with E-state index in [0.29, 0.717) is 25.0 Å². The van der Waals surface area contributed by atoms with E-state index < -0.39 is 6.10 Å². The molecule has 1 aliphatic rings. The molecule has 1 heterocycles. The van der Waals surface area contributed by atoms with E-state index >= 15 is 0 Å². The monoisotopic (exact) mass is 326 g/mol. The Morgan fingerprint density at radius 3 is 2.55 bits per heavy atom. The van der Waals surface area contributed by atoms with Crippen LogP contribution in [-0.2, 0) is 9.53 Å². The lowest BCUT2D eigenvalue weighted by Crippen LogP contribution is -2.45. The third kappa shape index (κ3) is 4.70. The van der Waals surface area contributed by atoms with Crippen LogP contribution in [0.15, 0.2) is 18.2 Å². The summed E-state index contributed by atoms with van der Waals surface area (Å²) in [6, 6.07) is 6.30. The minimum Gasteiger partial charge on any atom is -0.366 e. The Hall–Kier alpha value is -1.10. The second-order valence-electron chi connectivity index (χ2n) is 6.21. The lowest BCUT2D eigenvalue weighted by molar-refractivity contribution is -0.128. The topological polar surface area (TPSA) is 50.4 Å². The highest BCUT2D eigenvalue weighted by molar-refractivity contribution is 5.95. The second kappa shape index (κ2) is 8.51. The molecule has 1 amide bonds. The molecule has 0 spiro atoms. The van der Waals surface area contributed by atoms with E-state index in [1.807, 2.05) is 6.07 Å². The molecule has 1 unspecified atom stereocenters. The minimum absolute atomic E-state index is 0. The first-order valence-electron chi connectivity index (χ1n) is 7.76. The largest absolute Gasteiger partial charge is 0.366 e. The van der Waals surface area contributed by atoms with Crippen LogP contribution in [0.3, 0.4) is 0 Å². The van der Waals surface area contributed by atoms with Crippen LogP contribution in [0.25, 0.3) is 0 Å². The molecule has 1 aromatic rings. The van der Waals surface area contributed by atoms with Gasteiger partial charge in [-0.2, -0.15) is 0 Å². The fourth-order valence-corrected chi connectivity index (χ4v) is 2.48. The van der Waals surface area contributed by atoms with Gasteiger partial charge >= 0.3 is 0 Å². The van der Waals surface area contributed by atoms with E-state index in [-0.39, 0.29) is 18.3 Å². The molecule has 0 radical (unpaired) electrons. The van der Waals surface area contributed by atoms with E-state index in [4.69, 9.17) is 4.74 Å². The highest BCUT2D eigenvalue weighted by Crippen LogP contribution is 2.28. The summed E-state index contributed by atoms with van der Waals surface area (Å²) in [5.74, 6) is 0.781. The van der Waals surface area contributed by atoms with Crippen LogP contribution >= 0.6 is 12.4 Å². The zero-order valence-electron chi connectivity index (χ0n) is 13.8. The van der Waals surface area contributed by atoms with Crippen molar-refractivity contribution in [3.63, 3.8) is 0 Å². The number of ether oxygens (including phenoxy) is 1. The summed E-state index contributed by atoms with van der Waals surface area (Å²) in [4.78, 5) is 12.3. The summed E-state index contributed by atoms with van der Waals surface area (Å²) in [5, 5.41) is 6.20. The van der Waals surface area contributed by atoms with Gasteiger partial charge in [-0.25, -0.2) is 0 Å². The van der Waals surface area contributed by atoms with Gasteiger partial charge in [0, 0.05) is 18.8 Å². The van der Waals surface area contributed by atoms with Gasteiger partial charge in [0.15, 0.2) is 0 Å². The van der Waals surface area contributed by atoms with Gasteiger partial charge < -0.3 is 15.4 Å². The Bertz CT molecular complexity index is 497. The Labute approximate surface area is 139 Å². The standard InChI is InChI=1S/C17H26N2O2.ClH/c1-11(2)13-5-6-15(14(9-13)12(3)4)19-17(20)16-10-18-7-8-21-16;/h5-6,9,11-12,16,18H,7-8,10H2,1-4H3,(H,19,20);1H. The van der Waals surface area contributed by atoms with Crippen molar-refractivity contribution >= 4 is 24.0 Å². The van der Waals surface area contributed by atoms with Crippen molar-refractivity contribution in [3.8, 4) is 0 Å². The minimum atomic E-state index is -0.400. The predicted octanol–water partition coefficient (Wildman–Crippen LogP) is 3.28. The number of nitrogens with one attached hydrogen (secondary N) is 2. The summed E-state index contributed by atoms with van der Waals surface area (Å²) in [5.41, 5.74) is 3.37.